The number of nitrogens with one attached hydrogen (secondary N) is 1. The quantitative estimate of drug-likeness (QED) is 0.867. The SMILES string of the molecule is CCCNc1nn(-c2ccccc2)nc1C#N. The van der Waals surface area contributed by atoms with E-state index in [2.05, 4.69) is 22.4 Å². The minimum Gasteiger partial charge on any atom is -0.366 e. The maximum absolute atomic E-state index is 8.97. The molecule has 0 spiro atoms. The molecule has 0 saturated carbocycles. The molecule has 0 bridgehead atoms. The van der Waals surface area contributed by atoms with Crippen LogP contribution in [-0.4, -0.2) is 21.5 Å². The van der Waals surface area contributed by atoms with E-state index in [-0.39, 0.29) is 0 Å². The minimum atomic E-state index is 0.322. The Morgan fingerprint density at radius 1 is 1.29 bits per heavy atom. The number of anilines is 1. The Morgan fingerprint density at radius 2 is 2.06 bits per heavy atom. The summed E-state index contributed by atoms with van der Waals surface area (Å²) >= 11 is 0. The Labute approximate surface area is 99.7 Å². The Hall–Kier alpha value is -2.35. The summed E-state index contributed by atoms with van der Waals surface area (Å²) < 4.78 is 0. The Morgan fingerprint density at radius 3 is 2.71 bits per heavy atom. The molecule has 0 amide bonds. The average Bonchev–Trinajstić information content (AvgIpc) is 2.80. The molecule has 2 aromatic rings. The molecule has 5 nitrogen and oxygen atoms in total. The smallest absolute Gasteiger partial charge is 0.207 e. The van der Waals surface area contributed by atoms with E-state index < -0.39 is 0 Å². The van der Waals surface area contributed by atoms with Gasteiger partial charge in [-0.25, -0.2) is 0 Å². The molecular formula is C12H13N5. The van der Waals surface area contributed by atoms with Crippen LogP contribution in [0.3, 0.4) is 0 Å². The highest BCUT2D eigenvalue weighted by Gasteiger charge is 2.10. The number of rotatable bonds is 4. The van der Waals surface area contributed by atoms with Crippen LogP contribution in [0.2, 0.25) is 0 Å². The Bertz CT molecular complexity index is 524. The Balaban J connectivity index is 2.32. The average molecular weight is 227 g/mol. The van der Waals surface area contributed by atoms with Crippen LogP contribution in [0.15, 0.2) is 30.3 Å². The lowest BCUT2D eigenvalue weighted by atomic mass is 10.3. The van der Waals surface area contributed by atoms with Crippen molar-refractivity contribution >= 4 is 5.82 Å². The second-order valence-corrected chi connectivity index (χ2v) is 3.56. The first-order chi connectivity index (χ1) is 8.35. The lowest BCUT2D eigenvalue weighted by molar-refractivity contribution is 0.749. The van der Waals surface area contributed by atoms with Crippen LogP contribution in [0.5, 0.6) is 0 Å². The predicted molar refractivity (Wildman–Crippen MR) is 64.9 cm³/mol. The van der Waals surface area contributed by atoms with Crippen molar-refractivity contribution in [2.75, 3.05) is 11.9 Å². The van der Waals surface area contributed by atoms with Crippen molar-refractivity contribution in [2.45, 2.75) is 13.3 Å². The highest BCUT2D eigenvalue weighted by atomic mass is 15.5. The number of hydrogen-bond acceptors (Lipinski definition) is 4. The van der Waals surface area contributed by atoms with Gasteiger partial charge < -0.3 is 5.32 Å². The zero-order valence-corrected chi connectivity index (χ0v) is 9.59. The Kier molecular flexibility index (Phi) is 3.36. The molecule has 0 aliphatic heterocycles. The normalized spacial score (nSPS) is 9.88. The number of nitrogens with zero attached hydrogens (tertiary/aromatic N) is 4. The van der Waals surface area contributed by atoms with Gasteiger partial charge in [-0.3, -0.25) is 0 Å². The maximum atomic E-state index is 8.97. The fourth-order valence-corrected chi connectivity index (χ4v) is 1.42. The van der Waals surface area contributed by atoms with Crippen LogP contribution in [0.1, 0.15) is 19.0 Å². The van der Waals surface area contributed by atoms with Gasteiger partial charge in [0.1, 0.15) is 6.07 Å². The number of aromatic nitrogens is 3. The summed E-state index contributed by atoms with van der Waals surface area (Å²) in [6.45, 7) is 2.84. The van der Waals surface area contributed by atoms with E-state index >= 15 is 0 Å². The van der Waals surface area contributed by atoms with Crippen molar-refractivity contribution in [3.8, 4) is 11.8 Å². The first-order valence-corrected chi connectivity index (χ1v) is 5.52. The summed E-state index contributed by atoms with van der Waals surface area (Å²) in [5.74, 6) is 0.540. The second kappa shape index (κ2) is 5.12. The first kappa shape index (κ1) is 11.1. The summed E-state index contributed by atoms with van der Waals surface area (Å²) in [6, 6.07) is 11.6. The van der Waals surface area contributed by atoms with Gasteiger partial charge in [0.05, 0.1) is 5.69 Å². The molecule has 1 aromatic carbocycles. The third kappa shape index (κ3) is 2.42. The van der Waals surface area contributed by atoms with Crippen LogP contribution in [0, 0.1) is 11.3 Å². The highest BCUT2D eigenvalue weighted by molar-refractivity contribution is 5.47. The monoisotopic (exact) mass is 227 g/mol. The number of benzene rings is 1. The van der Waals surface area contributed by atoms with Crippen molar-refractivity contribution in [1.29, 1.82) is 5.26 Å². The fourth-order valence-electron chi connectivity index (χ4n) is 1.42. The van der Waals surface area contributed by atoms with E-state index in [1.807, 2.05) is 36.4 Å². The summed E-state index contributed by atoms with van der Waals surface area (Å²) in [6.07, 6.45) is 0.975. The molecule has 17 heavy (non-hydrogen) atoms. The number of nitriles is 1. The zero-order valence-electron chi connectivity index (χ0n) is 9.59. The van der Waals surface area contributed by atoms with Gasteiger partial charge in [-0.2, -0.15) is 5.26 Å². The topological polar surface area (TPSA) is 66.5 Å². The van der Waals surface area contributed by atoms with Crippen LogP contribution in [0.4, 0.5) is 5.82 Å². The second-order valence-electron chi connectivity index (χ2n) is 3.56. The van der Waals surface area contributed by atoms with Gasteiger partial charge >= 0.3 is 0 Å². The lowest BCUT2D eigenvalue weighted by Crippen LogP contribution is -2.02. The van der Waals surface area contributed by atoms with Crippen molar-refractivity contribution in [1.82, 2.24) is 15.0 Å². The van der Waals surface area contributed by atoms with E-state index in [9.17, 15) is 0 Å². The summed E-state index contributed by atoms with van der Waals surface area (Å²) in [5.41, 5.74) is 1.16. The third-order valence-electron chi connectivity index (χ3n) is 2.25. The fraction of sp³-hybridized carbons (Fsp3) is 0.250. The first-order valence-electron chi connectivity index (χ1n) is 5.52. The van der Waals surface area contributed by atoms with Gasteiger partial charge in [-0.05, 0) is 18.6 Å². The third-order valence-corrected chi connectivity index (χ3v) is 2.25. The van der Waals surface area contributed by atoms with Crippen molar-refractivity contribution < 1.29 is 0 Å². The number of para-hydroxylation sites is 1. The van der Waals surface area contributed by atoms with Gasteiger partial charge in [0.25, 0.3) is 0 Å². The molecule has 0 atom stereocenters. The number of hydrogen-bond donors (Lipinski definition) is 1. The standard InChI is InChI=1S/C12H13N5/c1-2-8-14-12-11(9-13)15-17(16-12)10-6-4-3-5-7-10/h3-7H,2,8H2,1H3,(H,14,16). The summed E-state index contributed by atoms with van der Waals surface area (Å²) in [4.78, 5) is 1.47. The minimum absolute atomic E-state index is 0.322. The summed E-state index contributed by atoms with van der Waals surface area (Å²) in [5, 5.41) is 20.5. The molecule has 5 heteroatoms. The van der Waals surface area contributed by atoms with Crippen LogP contribution < -0.4 is 5.32 Å². The van der Waals surface area contributed by atoms with E-state index in [1.54, 1.807) is 0 Å². The molecule has 0 saturated heterocycles. The summed E-state index contributed by atoms with van der Waals surface area (Å²) in [7, 11) is 0. The van der Waals surface area contributed by atoms with Crippen molar-refractivity contribution in [3.05, 3.63) is 36.0 Å². The lowest BCUT2D eigenvalue weighted by Gasteiger charge is -1.99. The van der Waals surface area contributed by atoms with E-state index in [1.165, 1.54) is 4.80 Å². The van der Waals surface area contributed by atoms with Crippen LogP contribution in [-0.2, 0) is 0 Å². The molecule has 0 unspecified atom stereocenters. The largest absolute Gasteiger partial charge is 0.366 e. The molecule has 0 aliphatic rings. The van der Waals surface area contributed by atoms with E-state index in [0.717, 1.165) is 18.7 Å². The van der Waals surface area contributed by atoms with Gasteiger partial charge in [0, 0.05) is 6.54 Å². The molecule has 2 rings (SSSR count). The van der Waals surface area contributed by atoms with Crippen LogP contribution >= 0.6 is 0 Å². The van der Waals surface area contributed by atoms with E-state index in [4.69, 9.17) is 5.26 Å². The van der Waals surface area contributed by atoms with Crippen molar-refractivity contribution in [2.24, 2.45) is 0 Å². The molecule has 0 aliphatic carbocycles. The van der Waals surface area contributed by atoms with Gasteiger partial charge in [0.2, 0.25) is 5.69 Å². The maximum Gasteiger partial charge on any atom is 0.207 e. The highest BCUT2D eigenvalue weighted by Crippen LogP contribution is 2.12. The van der Waals surface area contributed by atoms with Gasteiger partial charge in [0.15, 0.2) is 5.82 Å². The molecule has 1 heterocycles. The van der Waals surface area contributed by atoms with Gasteiger partial charge in [-0.15, -0.1) is 15.0 Å². The molecule has 1 N–H and O–H groups in total. The molecule has 0 fully saturated rings. The molecule has 0 radical (unpaired) electrons. The molecular weight excluding hydrogens is 214 g/mol. The van der Waals surface area contributed by atoms with E-state index in [0.29, 0.717) is 11.5 Å². The van der Waals surface area contributed by atoms with Gasteiger partial charge in [-0.1, -0.05) is 25.1 Å². The van der Waals surface area contributed by atoms with Crippen molar-refractivity contribution in [3.63, 3.8) is 0 Å². The van der Waals surface area contributed by atoms with Crippen LogP contribution in [0.25, 0.3) is 5.69 Å². The predicted octanol–water partition coefficient (Wildman–Crippen LogP) is 1.96. The molecule has 86 valence electrons. The zero-order chi connectivity index (χ0) is 12.1. The molecule has 1 aromatic heterocycles.